The van der Waals surface area contributed by atoms with Crippen LogP contribution in [-0.2, 0) is 16.6 Å². The summed E-state index contributed by atoms with van der Waals surface area (Å²) in [6, 6.07) is 4.19. The molecule has 1 aliphatic rings. The number of hydrogen-bond acceptors (Lipinski definition) is 5. The Hall–Kier alpha value is -0.430. The van der Waals surface area contributed by atoms with E-state index in [1.165, 1.54) is 17.4 Å². The van der Waals surface area contributed by atoms with Crippen LogP contribution in [0.3, 0.4) is 0 Å². The number of likely N-dealkylation sites (tertiary alicyclic amines) is 1. The summed E-state index contributed by atoms with van der Waals surface area (Å²) in [5.74, 6) is 1.27. The van der Waals surface area contributed by atoms with Gasteiger partial charge in [0.2, 0.25) is 10.0 Å². The first kappa shape index (κ1) is 22.6. The molecule has 10 heteroatoms. The van der Waals surface area contributed by atoms with Crippen LogP contribution in [0.1, 0.15) is 25.6 Å². The van der Waals surface area contributed by atoms with Crippen LogP contribution in [0.2, 0.25) is 0 Å². The lowest BCUT2D eigenvalue weighted by Gasteiger charge is -2.21. The molecule has 0 amide bonds. The lowest BCUT2D eigenvalue weighted by molar-refractivity contribution is 0.265. The molecule has 1 fully saturated rings. The van der Waals surface area contributed by atoms with Gasteiger partial charge in [-0.25, -0.2) is 13.6 Å². The second-order valence-electron chi connectivity index (χ2n) is 6.47. The molecule has 2 rings (SSSR count). The van der Waals surface area contributed by atoms with E-state index in [4.69, 9.17) is 5.14 Å². The Bertz CT molecular complexity index is 690. The van der Waals surface area contributed by atoms with Crippen molar-refractivity contribution in [2.75, 3.05) is 20.1 Å². The van der Waals surface area contributed by atoms with Crippen LogP contribution in [0.15, 0.2) is 21.3 Å². The minimum absolute atomic E-state index is 0. The number of nitrogens with two attached hydrogens (primary N) is 1. The van der Waals surface area contributed by atoms with E-state index < -0.39 is 10.0 Å². The van der Waals surface area contributed by atoms with Gasteiger partial charge in [-0.2, -0.15) is 0 Å². The van der Waals surface area contributed by atoms with Crippen LogP contribution >= 0.6 is 35.3 Å². The third kappa shape index (κ3) is 6.35. The van der Waals surface area contributed by atoms with Crippen LogP contribution in [-0.4, -0.2) is 51.5 Å². The number of hydrogen-bond donors (Lipinski definition) is 3. The summed E-state index contributed by atoms with van der Waals surface area (Å²) in [5, 5.41) is 11.8. The van der Waals surface area contributed by atoms with Crippen LogP contribution < -0.4 is 15.8 Å². The average molecular weight is 501 g/mol. The Morgan fingerprint density at radius 2 is 2.12 bits per heavy atom. The molecule has 7 nitrogen and oxygen atoms in total. The molecule has 2 atom stereocenters. The third-order valence-electron chi connectivity index (χ3n) is 4.26. The summed E-state index contributed by atoms with van der Waals surface area (Å²) in [6.45, 7) is 9.24. The minimum atomic E-state index is -3.63. The number of nitrogens with one attached hydrogen (secondary N) is 2. The Morgan fingerprint density at radius 1 is 1.44 bits per heavy atom. The van der Waals surface area contributed by atoms with E-state index in [1.54, 1.807) is 13.1 Å². The number of thiophene rings is 1. The van der Waals surface area contributed by atoms with E-state index in [0.717, 1.165) is 23.9 Å². The lowest BCUT2D eigenvalue weighted by Crippen LogP contribution is -2.46. The fraction of sp³-hybridized carbons (Fsp3) is 0.667. The van der Waals surface area contributed by atoms with Crippen molar-refractivity contribution in [3.63, 3.8) is 0 Å². The van der Waals surface area contributed by atoms with E-state index in [0.29, 0.717) is 24.5 Å². The first-order valence-electron chi connectivity index (χ1n) is 8.03. The highest BCUT2D eigenvalue weighted by Crippen LogP contribution is 2.20. The normalized spacial score (nSPS) is 22.1. The SMILES string of the molecule is CN=C(NCc1ccc(S(N)(=O)=O)s1)NC1CN(C(C)C)CC1C.I. The van der Waals surface area contributed by atoms with Crippen molar-refractivity contribution >= 4 is 51.3 Å². The predicted molar refractivity (Wildman–Crippen MR) is 114 cm³/mol. The van der Waals surface area contributed by atoms with Gasteiger partial charge >= 0.3 is 0 Å². The van der Waals surface area contributed by atoms with Crippen LogP contribution in [0.4, 0.5) is 0 Å². The van der Waals surface area contributed by atoms with Crippen molar-refractivity contribution in [3.8, 4) is 0 Å². The van der Waals surface area contributed by atoms with Crippen molar-refractivity contribution in [1.82, 2.24) is 15.5 Å². The summed E-state index contributed by atoms with van der Waals surface area (Å²) in [5.41, 5.74) is 0. The van der Waals surface area contributed by atoms with Gasteiger partial charge in [0, 0.05) is 37.1 Å². The van der Waals surface area contributed by atoms with E-state index in [1.807, 2.05) is 0 Å². The van der Waals surface area contributed by atoms with Crippen LogP contribution in [0.25, 0.3) is 0 Å². The summed E-state index contributed by atoms with van der Waals surface area (Å²) in [4.78, 5) is 7.61. The summed E-state index contributed by atoms with van der Waals surface area (Å²) in [6.07, 6.45) is 0. The zero-order valence-electron chi connectivity index (χ0n) is 15.0. The summed E-state index contributed by atoms with van der Waals surface area (Å²) in [7, 11) is -1.89. The summed E-state index contributed by atoms with van der Waals surface area (Å²) < 4.78 is 22.8. The molecule has 1 aromatic rings. The molecule has 0 bridgehead atoms. The van der Waals surface area contributed by atoms with Crippen molar-refractivity contribution in [3.05, 3.63) is 17.0 Å². The van der Waals surface area contributed by atoms with Crippen LogP contribution in [0, 0.1) is 5.92 Å². The van der Waals surface area contributed by atoms with Gasteiger partial charge in [0.1, 0.15) is 4.21 Å². The Labute approximate surface area is 171 Å². The number of nitrogens with zero attached hydrogens (tertiary/aromatic N) is 2. The van der Waals surface area contributed by atoms with Gasteiger partial charge < -0.3 is 10.6 Å². The van der Waals surface area contributed by atoms with E-state index in [-0.39, 0.29) is 28.2 Å². The Morgan fingerprint density at radius 3 is 2.60 bits per heavy atom. The predicted octanol–water partition coefficient (Wildman–Crippen LogP) is 1.41. The molecule has 0 aromatic carbocycles. The van der Waals surface area contributed by atoms with E-state index >= 15 is 0 Å². The molecular formula is C15H28IN5O2S2. The molecular weight excluding hydrogens is 473 g/mol. The van der Waals surface area contributed by atoms with Crippen molar-refractivity contribution in [2.45, 2.75) is 43.6 Å². The van der Waals surface area contributed by atoms with Crippen LogP contribution in [0.5, 0.6) is 0 Å². The average Bonchev–Trinajstić information content (AvgIpc) is 3.10. The molecule has 1 saturated heterocycles. The number of rotatable bonds is 5. The molecule has 1 aliphatic heterocycles. The monoisotopic (exact) mass is 501 g/mol. The maximum Gasteiger partial charge on any atom is 0.247 e. The molecule has 25 heavy (non-hydrogen) atoms. The fourth-order valence-electron chi connectivity index (χ4n) is 2.76. The number of guanidine groups is 1. The topological polar surface area (TPSA) is 99.8 Å². The Balaban J connectivity index is 0.00000312. The molecule has 1 aromatic heterocycles. The number of halogens is 1. The molecule has 144 valence electrons. The van der Waals surface area contributed by atoms with E-state index in [9.17, 15) is 8.42 Å². The van der Waals surface area contributed by atoms with E-state index in [2.05, 4.69) is 41.3 Å². The quantitative estimate of drug-likeness (QED) is 0.322. The Kier molecular flexibility index (Phi) is 8.58. The highest BCUT2D eigenvalue weighted by atomic mass is 127. The molecule has 0 spiro atoms. The molecule has 2 heterocycles. The minimum Gasteiger partial charge on any atom is -0.352 e. The molecule has 0 saturated carbocycles. The fourth-order valence-corrected chi connectivity index (χ4v) is 4.48. The largest absolute Gasteiger partial charge is 0.352 e. The maximum atomic E-state index is 11.3. The molecule has 0 radical (unpaired) electrons. The summed E-state index contributed by atoms with van der Waals surface area (Å²) >= 11 is 1.17. The first-order valence-corrected chi connectivity index (χ1v) is 10.4. The molecule has 4 N–H and O–H groups in total. The first-order chi connectivity index (χ1) is 11.2. The van der Waals surface area contributed by atoms with Gasteiger partial charge in [-0.15, -0.1) is 35.3 Å². The van der Waals surface area contributed by atoms with Gasteiger partial charge in [0.25, 0.3) is 0 Å². The molecule has 2 unspecified atom stereocenters. The highest BCUT2D eigenvalue weighted by molar-refractivity contribution is 14.0. The standard InChI is InChI=1S/C15H27N5O2S2.HI/c1-10(2)20-8-11(3)13(9-20)19-15(17-4)18-7-12-5-6-14(23-12)24(16,21)22;/h5-6,10-11,13H,7-9H2,1-4H3,(H2,16,21,22)(H2,17,18,19);1H. The van der Waals surface area contributed by atoms with Gasteiger partial charge in [-0.05, 0) is 31.9 Å². The third-order valence-corrected chi connectivity index (χ3v) is 6.79. The van der Waals surface area contributed by atoms with Gasteiger partial charge in [0.15, 0.2) is 5.96 Å². The number of aliphatic imine (C=N–C) groups is 1. The van der Waals surface area contributed by atoms with Crippen molar-refractivity contribution < 1.29 is 8.42 Å². The second-order valence-corrected chi connectivity index (χ2v) is 9.42. The molecule has 0 aliphatic carbocycles. The smallest absolute Gasteiger partial charge is 0.247 e. The van der Waals surface area contributed by atoms with Gasteiger partial charge in [-0.3, -0.25) is 9.89 Å². The second kappa shape index (κ2) is 9.49. The van der Waals surface area contributed by atoms with Crippen molar-refractivity contribution in [1.29, 1.82) is 0 Å². The van der Waals surface area contributed by atoms with Gasteiger partial charge in [-0.1, -0.05) is 6.92 Å². The number of primary sulfonamides is 1. The van der Waals surface area contributed by atoms with Crippen molar-refractivity contribution in [2.24, 2.45) is 16.0 Å². The lowest BCUT2D eigenvalue weighted by atomic mass is 10.1. The maximum absolute atomic E-state index is 11.3. The highest BCUT2D eigenvalue weighted by Gasteiger charge is 2.31. The zero-order chi connectivity index (χ0) is 17.9. The zero-order valence-corrected chi connectivity index (χ0v) is 19.0. The number of sulfonamides is 1. The van der Waals surface area contributed by atoms with Gasteiger partial charge in [0.05, 0.1) is 6.54 Å².